The molecule has 1 saturated carbocycles. The molecule has 3 heterocycles. The highest BCUT2D eigenvalue weighted by atomic mass is 32.1. The largest absolute Gasteiger partial charge is 0.477 e. The number of aromatic nitrogens is 1. The summed E-state index contributed by atoms with van der Waals surface area (Å²) >= 11 is 1.50. The van der Waals surface area contributed by atoms with E-state index in [0.29, 0.717) is 11.1 Å². The summed E-state index contributed by atoms with van der Waals surface area (Å²) in [7, 11) is 0. The number of carboxylic acid groups (broad SMARTS) is 1. The zero-order valence-corrected chi connectivity index (χ0v) is 17.3. The summed E-state index contributed by atoms with van der Waals surface area (Å²) in [5.74, 6) is -1.43. The van der Waals surface area contributed by atoms with Gasteiger partial charge in [-0.2, -0.15) is 8.78 Å². The molecule has 0 aromatic carbocycles. The normalized spacial score (nSPS) is 18.4. The number of fused-ring (bicyclic) bond motifs is 2. The fourth-order valence-electron chi connectivity index (χ4n) is 4.38. The lowest BCUT2D eigenvalue weighted by Gasteiger charge is -2.17. The van der Waals surface area contributed by atoms with Gasteiger partial charge in [0.1, 0.15) is 5.56 Å². The van der Waals surface area contributed by atoms with Crippen molar-refractivity contribution >= 4 is 22.8 Å². The molecular formula is C22H20F2N2O4S. The lowest BCUT2D eigenvalue weighted by atomic mass is 9.94. The summed E-state index contributed by atoms with van der Waals surface area (Å²) in [6.07, 6.45) is 5.79. The number of aryl methyl sites for hydroxylation is 1. The van der Waals surface area contributed by atoms with Crippen LogP contribution in [0.3, 0.4) is 0 Å². The molecule has 3 aromatic heterocycles. The van der Waals surface area contributed by atoms with E-state index in [1.165, 1.54) is 29.7 Å². The summed E-state index contributed by atoms with van der Waals surface area (Å²) in [4.78, 5) is 26.2. The van der Waals surface area contributed by atoms with Gasteiger partial charge in [-0.05, 0) is 67.3 Å². The number of carboxylic acids is 1. The minimum absolute atomic E-state index is 0.00827. The van der Waals surface area contributed by atoms with Crippen LogP contribution in [0.1, 0.15) is 64.0 Å². The molecule has 9 heteroatoms. The minimum atomic E-state index is -3.09. The van der Waals surface area contributed by atoms with Gasteiger partial charge in [0.25, 0.3) is 5.56 Å². The van der Waals surface area contributed by atoms with Gasteiger partial charge in [0.2, 0.25) is 0 Å². The Morgan fingerprint density at radius 2 is 2.03 bits per heavy atom. The number of aromatic carboxylic acids is 1. The number of pyridine rings is 2. The number of nitrogens with two attached hydrogens (primary N) is 1. The van der Waals surface area contributed by atoms with E-state index in [2.05, 4.69) is 0 Å². The van der Waals surface area contributed by atoms with Crippen LogP contribution in [0.4, 0.5) is 8.78 Å². The summed E-state index contributed by atoms with van der Waals surface area (Å²) in [5, 5.41) is 9.44. The number of thiophene rings is 1. The summed E-state index contributed by atoms with van der Waals surface area (Å²) < 4.78 is 33.0. The van der Waals surface area contributed by atoms with Crippen LogP contribution < -0.4 is 16.0 Å². The number of rotatable bonds is 5. The Bertz CT molecular complexity index is 1260. The lowest BCUT2D eigenvalue weighted by molar-refractivity contribution is -0.0486. The second kappa shape index (κ2) is 7.42. The van der Waals surface area contributed by atoms with Gasteiger partial charge in [-0.15, -0.1) is 11.3 Å². The molecule has 3 N–H and O–H groups in total. The third-order valence-electron chi connectivity index (χ3n) is 5.99. The van der Waals surface area contributed by atoms with Gasteiger partial charge in [0.15, 0.2) is 5.75 Å². The predicted molar refractivity (Wildman–Crippen MR) is 112 cm³/mol. The Kier molecular flexibility index (Phi) is 4.82. The van der Waals surface area contributed by atoms with Crippen LogP contribution in [0.5, 0.6) is 5.75 Å². The van der Waals surface area contributed by atoms with E-state index < -0.39 is 18.1 Å². The van der Waals surface area contributed by atoms with Crippen LogP contribution in [0.15, 0.2) is 29.2 Å². The van der Waals surface area contributed by atoms with Gasteiger partial charge < -0.3 is 15.6 Å². The van der Waals surface area contributed by atoms with Crippen molar-refractivity contribution in [2.75, 3.05) is 0 Å². The molecule has 3 aromatic rings. The number of nitrogens with zero attached hydrogens (tertiary/aromatic N) is 1. The smallest absolute Gasteiger partial charge is 0.387 e. The van der Waals surface area contributed by atoms with Crippen LogP contribution in [-0.4, -0.2) is 22.1 Å². The van der Waals surface area contributed by atoms with Crippen LogP contribution in [0.25, 0.3) is 16.0 Å². The third-order valence-corrected chi connectivity index (χ3v) is 7.24. The quantitative estimate of drug-likeness (QED) is 0.600. The van der Waals surface area contributed by atoms with Gasteiger partial charge in [-0.1, -0.05) is 0 Å². The molecule has 2 aliphatic rings. The Morgan fingerprint density at radius 3 is 2.68 bits per heavy atom. The van der Waals surface area contributed by atoms with E-state index in [9.17, 15) is 23.5 Å². The van der Waals surface area contributed by atoms with Crippen molar-refractivity contribution in [3.8, 4) is 16.2 Å². The second-order valence-corrected chi connectivity index (χ2v) is 9.18. The average molecular weight is 446 g/mol. The number of alkyl halides is 2. The molecular weight excluding hydrogens is 426 g/mol. The molecule has 0 aliphatic heterocycles. The van der Waals surface area contributed by atoms with E-state index in [-0.39, 0.29) is 28.8 Å². The van der Waals surface area contributed by atoms with E-state index in [0.717, 1.165) is 51.8 Å². The first-order valence-electron chi connectivity index (χ1n) is 10.1. The van der Waals surface area contributed by atoms with Crippen molar-refractivity contribution < 1.29 is 23.4 Å². The highest BCUT2D eigenvalue weighted by Crippen LogP contribution is 2.48. The summed E-state index contributed by atoms with van der Waals surface area (Å²) in [5.41, 5.74) is 7.32. The molecule has 1 fully saturated rings. The zero-order valence-electron chi connectivity index (χ0n) is 16.4. The van der Waals surface area contributed by atoms with Gasteiger partial charge in [0, 0.05) is 27.6 Å². The number of hydrogen-bond acceptors (Lipinski definition) is 5. The molecule has 0 radical (unpaired) electrons. The van der Waals surface area contributed by atoms with Crippen LogP contribution in [-0.2, 0) is 6.42 Å². The van der Waals surface area contributed by atoms with Crippen LogP contribution in [0.2, 0.25) is 0 Å². The molecule has 0 bridgehead atoms. The molecule has 0 amide bonds. The minimum Gasteiger partial charge on any atom is -0.477 e. The number of carbonyl (C=O) groups is 1. The van der Waals surface area contributed by atoms with Crippen molar-refractivity contribution in [2.45, 2.75) is 50.7 Å². The number of hydrogen-bond donors (Lipinski definition) is 2. The molecule has 162 valence electrons. The molecule has 6 nitrogen and oxygen atoms in total. The fourth-order valence-corrected chi connectivity index (χ4v) is 5.67. The first-order valence-corrected chi connectivity index (χ1v) is 11.0. The van der Waals surface area contributed by atoms with Gasteiger partial charge >= 0.3 is 12.6 Å². The molecule has 0 spiro atoms. The number of halogens is 2. The maximum Gasteiger partial charge on any atom is 0.387 e. The molecule has 1 unspecified atom stereocenters. The molecule has 31 heavy (non-hydrogen) atoms. The first kappa shape index (κ1) is 20.1. The standard InChI is InChI=1S/C22H20F2N2O4S/c23-22(24)30-19-11(17-9-13-15(25)2-1-3-16(13)31-17)6-7-26-18(19)12(10-4-5-10)8-14(20(26)27)21(28)29/h6-10,15,22H,1-5,25H2,(H,28,29). The lowest BCUT2D eigenvalue weighted by Crippen LogP contribution is -2.23. The van der Waals surface area contributed by atoms with Crippen molar-refractivity contribution in [1.82, 2.24) is 4.40 Å². The molecule has 1 atom stereocenters. The maximum atomic E-state index is 13.5. The number of ether oxygens (including phenoxy) is 1. The monoisotopic (exact) mass is 446 g/mol. The Labute approximate surface area is 179 Å². The van der Waals surface area contributed by atoms with Crippen molar-refractivity contribution in [3.05, 3.63) is 56.3 Å². The second-order valence-electron chi connectivity index (χ2n) is 8.04. The van der Waals surface area contributed by atoms with Crippen molar-refractivity contribution in [2.24, 2.45) is 5.73 Å². The first-order chi connectivity index (χ1) is 14.8. The predicted octanol–water partition coefficient (Wildman–Crippen LogP) is 4.54. The Hall–Kier alpha value is -2.78. The third kappa shape index (κ3) is 3.41. The molecule has 2 aliphatic carbocycles. The Morgan fingerprint density at radius 1 is 1.26 bits per heavy atom. The topological polar surface area (TPSA) is 94.0 Å². The van der Waals surface area contributed by atoms with Gasteiger partial charge in [-0.25, -0.2) is 4.79 Å². The van der Waals surface area contributed by atoms with Crippen LogP contribution >= 0.6 is 11.3 Å². The fraction of sp³-hybridized carbons (Fsp3) is 0.364. The zero-order chi connectivity index (χ0) is 21.9. The van der Waals surface area contributed by atoms with E-state index in [4.69, 9.17) is 10.5 Å². The van der Waals surface area contributed by atoms with Crippen molar-refractivity contribution in [3.63, 3.8) is 0 Å². The van der Waals surface area contributed by atoms with Crippen molar-refractivity contribution in [1.29, 1.82) is 0 Å². The van der Waals surface area contributed by atoms with E-state index in [1.807, 2.05) is 6.07 Å². The van der Waals surface area contributed by atoms with Gasteiger partial charge in [-0.3, -0.25) is 9.20 Å². The maximum absolute atomic E-state index is 13.5. The SMILES string of the molecule is NC1CCCc2sc(-c3ccn4c(=O)c(C(=O)O)cc(C5CC5)c4c3OC(F)F)cc21. The highest BCUT2D eigenvalue weighted by Gasteiger charge is 2.32. The van der Waals surface area contributed by atoms with E-state index >= 15 is 0 Å². The molecule has 5 rings (SSSR count). The van der Waals surface area contributed by atoms with E-state index in [1.54, 1.807) is 0 Å². The van der Waals surface area contributed by atoms with Gasteiger partial charge in [0.05, 0.1) is 5.52 Å². The van der Waals surface area contributed by atoms with Crippen LogP contribution in [0, 0.1) is 0 Å². The Balaban J connectivity index is 1.80. The highest BCUT2D eigenvalue weighted by molar-refractivity contribution is 7.15. The summed E-state index contributed by atoms with van der Waals surface area (Å²) in [6.45, 7) is -3.09. The molecule has 0 saturated heterocycles. The summed E-state index contributed by atoms with van der Waals surface area (Å²) in [6, 6.07) is 4.69. The average Bonchev–Trinajstić information content (AvgIpc) is 3.46.